The summed E-state index contributed by atoms with van der Waals surface area (Å²) in [6.45, 7) is 9.23. The Morgan fingerprint density at radius 1 is 1.36 bits per heavy atom. The zero-order chi connectivity index (χ0) is 18.0. The Balaban J connectivity index is 1.49. The lowest BCUT2D eigenvalue weighted by Crippen LogP contribution is -2.32. The van der Waals surface area contributed by atoms with Gasteiger partial charge in [0.2, 0.25) is 0 Å². The number of likely N-dealkylation sites (tertiary alicyclic amines) is 1. The van der Waals surface area contributed by atoms with Crippen molar-refractivity contribution in [2.75, 3.05) is 6.54 Å². The summed E-state index contributed by atoms with van der Waals surface area (Å²) in [7, 11) is 0. The van der Waals surface area contributed by atoms with Gasteiger partial charge in [-0.3, -0.25) is 4.90 Å². The molecule has 3 aliphatic rings. The lowest BCUT2D eigenvalue weighted by atomic mass is 9.83. The average Bonchev–Trinajstić information content (AvgIpc) is 3.22. The van der Waals surface area contributed by atoms with Gasteiger partial charge in [-0.2, -0.15) is 0 Å². The molecule has 3 rings (SSSR count). The number of halogens is 1. The molecular formula is C22H31FN2. The van der Waals surface area contributed by atoms with Crippen LogP contribution >= 0.6 is 0 Å². The minimum Gasteiger partial charge on any atom is -0.363 e. The van der Waals surface area contributed by atoms with Crippen molar-refractivity contribution >= 4 is 0 Å². The Morgan fingerprint density at radius 2 is 2.16 bits per heavy atom. The number of allylic oxidation sites excluding steroid dienone is 6. The maximum absolute atomic E-state index is 13.9. The van der Waals surface area contributed by atoms with Gasteiger partial charge >= 0.3 is 0 Å². The van der Waals surface area contributed by atoms with E-state index < -0.39 is 0 Å². The van der Waals surface area contributed by atoms with Crippen LogP contribution in [0.2, 0.25) is 0 Å². The first-order chi connectivity index (χ1) is 12.0. The molecule has 0 bridgehead atoms. The Morgan fingerprint density at radius 3 is 2.80 bits per heavy atom. The smallest absolute Gasteiger partial charge is 0.142 e. The van der Waals surface area contributed by atoms with Gasteiger partial charge < -0.3 is 5.32 Å². The minimum absolute atomic E-state index is 0.227. The van der Waals surface area contributed by atoms with Gasteiger partial charge in [0.1, 0.15) is 5.83 Å². The summed E-state index contributed by atoms with van der Waals surface area (Å²) >= 11 is 0. The van der Waals surface area contributed by atoms with Crippen molar-refractivity contribution in [3.8, 4) is 0 Å². The van der Waals surface area contributed by atoms with Gasteiger partial charge in [-0.15, -0.1) is 0 Å². The van der Waals surface area contributed by atoms with Crippen molar-refractivity contribution < 1.29 is 4.39 Å². The van der Waals surface area contributed by atoms with Gasteiger partial charge in [-0.25, -0.2) is 4.39 Å². The van der Waals surface area contributed by atoms with E-state index in [1.807, 2.05) is 25.3 Å². The zero-order valence-corrected chi connectivity index (χ0v) is 15.9. The Bertz CT molecular complexity index is 655. The standard InChI is InChI=1S/C22H31FN2/c1-5-7-8-9-20(23)17(4)24-15-16(3)11-13-25-21-18(6-2)14-19-10-12-22(19,21)25/h5,7-10,12,15,18-19,21,24H,6,11,13-14H2,1-4H3/b7-5-,9-8-,16-15+,20-17-. The summed E-state index contributed by atoms with van der Waals surface area (Å²) in [6.07, 6.45) is 17.4. The van der Waals surface area contributed by atoms with E-state index in [1.54, 1.807) is 13.0 Å². The van der Waals surface area contributed by atoms with Crippen LogP contribution in [0.15, 0.2) is 59.8 Å². The molecular weight excluding hydrogens is 311 g/mol. The van der Waals surface area contributed by atoms with Crippen LogP contribution in [0, 0.1) is 11.8 Å². The van der Waals surface area contributed by atoms with E-state index in [1.165, 1.54) is 24.5 Å². The van der Waals surface area contributed by atoms with Crippen LogP contribution < -0.4 is 5.32 Å². The molecule has 0 aromatic rings. The number of rotatable bonds is 8. The van der Waals surface area contributed by atoms with E-state index in [0.717, 1.165) is 30.8 Å². The largest absolute Gasteiger partial charge is 0.363 e. The normalized spacial score (nSPS) is 37.1. The van der Waals surface area contributed by atoms with Crippen molar-refractivity contribution in [1.29, 1.82) is 0 Å². The van der Waals surface area contributed by atoms with Crippen LogP contribution in [0.5, 0.6) is 0 Å². The SMILES string of the molecule is C\C=C/C=C\C(F)=C(/C)N/C=C(\C)CCN1C2C(CC)CC3C=CC321. The van der Waals surface area contributed by atoms with Crippen molar-refractivity contribution in [2.45, 2.75) is 58.5 Å². The first kappa shape index (κ1) is 18.2. The minimum atomic E-state index is -0.227. The summed E-state index contributed by atoms with van der Waals surface area (Å²) in [6, 6.07) is 0.782. The van der Waals surface area contributed by atoms with E-state index in [9.17, 15) is 4.39 Å². The van der Waals surface area contributed by atoms with Gasteiger partial charge in [0, 0.05) is 24.2 Å². The molecule has 2 aliphatic carbocycles. The van der Waals surface area contributed by atoms with Crippen LogP contribution in [0.3, 0.4) is 0 Å². The Kier molecular flexibility index (Phi) is 5.33. The second kappa shape index (κ2) is 7.33. The third-order valence-corrected chi connectivity index (χ3v) is 6.14. The molecule has 0 aromatic carbocycles. The molecule has 1 saturated carbocycles. The highest BCUT2D eigenvalue weighted by molar-refractivity contribution is 5.44. The van der Waals surface area contributed by atoms with E-state index in [0.29, 0.717) is 11.2 Å². The van der Waals surface area contributed by atoms with Crippen LogP contribution in [0.25, 0.3) is 0 Å². The molecule has 3 heteroatoms. The fraction of sp³-hybridized carbons (Fsp3) is 0.545. The third kappa shape index (κ3) is 3.27. The van der Waals surface area contributed by atoms with Gasteiger partial charge in [0.25, 0.3) is 0 Å². The molecule has 0 radical (unpaired) electrons. The molecule has 0 amide bonds. The molecule has 1 heterocycles. The van der Waals surface area contributed by atoms with Gasteiger partial charge in [-0.1, -0.05) is 49.3 Å². The molecule has 1 N–H and O–H groups in total. The quantitative estimate of drug-likeness (QED) is 0.368. The topological polar surface area (TPSA) is 15.0 Å². The maximum Gasteiger partial charge on any atom is 0.142 e. The predicted molar refractivity (Wildman–Crippen MR) is 104 cm³/mol. The summed E-state index contributed by atoms with van der Waals surface area (Å²) < 4.78 is 13.9. The van der Waals surface area contributed by atoms with Crippen LogP contribution in [-0.4, -0.2) is 23.0 Å². The van der Waals surface area contributed by atoms with Gasteiger partial charge in [0.05, 0.1) is 5.54 Å². The molecule has 2 fully saturated rings. The summed E-state index contributed by atoms with van der Waals surface area (Å²) in [5.41, 5.74) is 2.24. The molecule has 5 unspecified atom stereocenters. The first-order valence-electron chi connectivity index (χ1n) is 9.58. The molecule has 1 saturated heterocycles. The average molecular weight is 343 g/mol. The Hall–Kier alpha value is -1.61. The van der Waals surface area contributed by atoms with Crippen molar-refractivity contribution in [1.82, 2.24) is 10.2 Å². The van der Waals surface area contributed by atoms with Crippen molar-refractivity contribution in [2.24, 2.45) is 11.8 Å². The first-order valence-corrected chi connectivity index (χ1v) is 9.58. The molecule has 1 aliphatic heterocycles. The molecule has 1 spiro atoms. The highest BCUT2D eigenvalue weighted by Crippen LogP contribution is 2.65. The van der Waals surface area contributed by atoms with Crippen molar-refractivity contribution in [3.63, 3.8) is 0 Å². The van der Waals surface area contributed by atoms with Crippen LogP contribution in [0.4, 0.5) is 4.39 Å². The van der Waals surface area contributed by atoms with Gasteiger partial charge in [0.15, 0.2) is 0 Å². The summed E-state index contributed by atoms with van der Waals surface area (Å²) in [5.74, 6) is 1.44. The Labute approximate surface area is 151 Å². The fourth-order valence-electron chi connectivity index (χ4n) is 4.58. The van der Waals surface area contributed by atoms with Crippen LogP contribution in [-0.2, 0) is 0 Å². The number of piperidine rings is 1. The summed E-state index contributed by atoms with van der Waals surface area (Å²) in [5, 5.41) is 3.09. The van der Waals surface area contributed by atoms with Crippen molar-refractivity contribution in [3.05, 3.63) is 59.8 Å². The molecule has 5 atom stereocenters. The molecule has 0 aromatic heterocycles. The zero-order valence-electron chi connectivity index (χ0n) is 15.9. The molecule has 2 nitrogen and oxygen atoms in total. The fourth-order valence-corrected chi connectivity index (χ4v) is 4.58. The predicted octanol–water partition coefficient (Wildman–Crippen LogP) is 5.24. The molecule has 25 heavy (non-hydrogen) atoms. The second-order valence-corrected chi connectivity index (χ2v) is 7.64. The highest BCUT2D eigenvalue weighted by atomic mass is 19.1. The molecule has 136 valence electrons. The number of nitrogens with zero attached hydrogens (tertiary/aromatic N) is 1. The van der Waals surface area contributed by atoms with E-state index >= 15 is 0 Å². The number of hydrogen-bond donors (Lipinski definition) is 1. The van der Waals surface area contributed by atoms with E-state index in [2.05, 4.69) is 36.2 Å². The summed E-state index contributed by atoms with van der Waals surface area (Å²) in [4.78, 5) is 2.69. The second-order valence-electron chi connectivity index (χ2n) is 7.64. The lowest BCUT2D eigenvalue weighted by Gasteiger charge is -2.29. The lowest BCUT2D eigenvalue weighted by molar-refractivity contribution is 0.282. The van der Waals surface area contributed by atoms with Gasteiger partial charge in [-0.05, 0) is 51.8 Å². The number of nitrogens with one attached hydrogen (secondary N) is 1. The number of hydrogen-bond acceptors (Lipinski definition) is 2. The maximum atomic E-state index is 13.9. The monoisotopic (exact) mass is 342 g/mol. The van der Waals surface area contributed by atoms with E-state index in [-0.39, 0.29) is 5.83 Å². The van der Waals surface area contributed by atoms with Crippen LogP contribution in [0.1, 0.15) is 47.0 Å². The third-order valence-electron chi connectivity index (χ3n) is 6.14. The highest BCUT2D eigenvalue weighted by Gasteiger charge is 2.73. The van der Waals surface area contributed by atoms with E-state index in [4.69, 9.17) is 0 Å².